The van der Waals surface area contributed by atoms with Crippen LogP contribution in [0.5, 0.6) is 0 Å². The Morgan fingerprint density at radius 3 is 2.82 bits per heavy atom. The summed E-state index contributed by atoms with van der Waals surface area (Å²) in [6.45, 7) is 3.19. The summed E-state index contributed by atoms with van der Waals surface area (Å²) in [5.74, 6) is 0.390. The van der Waals surface area contributed by atoms with Gasteiger partial charge in [-0.2, -0.15) is 10.2 Å². The van der Waals surface area contributed by atoms with E-state index in [1.54, 1.807) is 50.4 Å². The number of carbonyl (C=O) groups is 1. The molecular formula is C18H15ClN6O3. The maximum Gasteiger partial charge on any atom is 0.293 e. The molecule has 0 aliphatic heterocycles. The van der Waals surface area contributed by atoms with E-state index in [0.29, 0.717) is 33.1 Å². The van der Waals surface area contributed by atoms with Crippen molar-refractivity contribution in [2.75, 3.05) is 5.32 Å². The van der Waals surface area contributed by atoms with Crippen molar-refractivity contribution in [2.45, 2.75) is 20.4 Å². The van der Waals surface area contributed by atoms with Crippen molar-refractivity contribution < 1.29 is 9.32 Å². The first-order valence-corrected chi connectivity index (χ1v) is 8.75. The van der Waals surface area contributed by atoms with Gasteiger partial charge in [0.05, 0.1) is 17.6 Å². The van der Waals surface area contributed by atoms with Crippen LogP contribution in [0.25, 0.3) is 16.6 Å². The number of anilines is 1. The summed E-state index contributed by atoms with van der Waals surface area (Å²) in [7, 11) is 0. The number of carbonyl (C=O) groups excluding carboxylic acids is 1. The van der Waals surface area contributed by atoms with Gasteiger partial charge in [-0.15, -0.1) is 0 Å². The highest BCUT2D eigenvalue weighted by Gasteiger charge is 2.17. The zero-order chi connectivity index (χ0) is 19.8. The highest BCUT2D eigenvalue weighted by Crippen LogP contribution is 2.19. The van der Waals surface area contributed by atoms with Crippen LogP contribution in [0, 0.1) is 13.8 Å². The quantitative estimate of drug-likeness (QED) is 0.565. The molecule has 9 nitrogen and oxygen atoms in total. The summed E-state index contributed by atoms with van der Waals surface area (Å²) in [5.41, 5.74) is 1.09. The average molecular weight is 399 g/mol. The third-order valence-corrected chi connectivity index (χ3v) is 4.34. The van der Waals surface area contributed by atoms with Crippen molar-refractivity contribution in [1.82, 2.24) is 24.7 Å². The van der Waals surface area contributed by atoms with E-state index < -0.39 is 11.5 Å². The standard InChI is InChI=1S/C18H15ClN6O3/c1-10-6-15(23-28-10)21-16(26)9-24-18(27)17-14(11(2)22-24)8-20-25(17)13-5-3-4-12(19)7-13/h3-8H,9H2,1-2H3,(H,21,23,26). The van der Waals surface area contributed by atoms with Gasteiger partial charge in [0.25, 0.3) is 5.56 Å². The highest BCUT2D eigenvalue weighted by atomic mass is 35.5. The molecule has 0 saturated heterocycles. The van der Waals surface area contributed by atoms with Crippen molar-refractivity contribution >= 4 is 34.2 Å². The Kier molecular flexibility index (Phi) is 4.44. The Morgan fingerprint density at radius 1 is 1.29 bits per heavy atom. The molecule has 0 unspecified atom stereocenters. The smallest absolute Gasteiger partial charge is 0.293 e. The first-order valence-electron chi connectivity index (χ1n) is 8.37. The van der Waals surface area contributed by atoms with E-state index in [9.17, 15) is 9.59 Å². The molecule has 0 saturated carbocycles. The summed E-state index contributed by atoms with van der Waals surface area (Å²) in [4.78, 5) is 25.3. The SMILES string of the molecule is Cc1cc(NC(=O)Cn2nc(C)c3cnn(-c4cccc(Cl)c4)c3c2=O)no1. The van der Waals surface area contributed by atoms with E-state index in [2.05, 4.69) is 20.7 Å². The third kappa shape index (κ3) is 3.27. The van der Waals surface area contributed by atoms with Gasteiger partial charge in [-0.05, 0) is 32.0 Å². The number of rotatable bonds is 4. The lowest BCUT2D eigenvalue weighted by atomic mass is 10.2. The summed E-state index contributed by atoms with van der Waals surface area (Å²) in [6.07, 6.45) is 1.57. The molecule has 1 aromatic carbocycles. The molecule has 1 amide bonds. The number of halogens is 1. The second-order valence-corrected chi connectivity index (χ2v) is 6.65. The lowest BCUT2D eigenvalue weighted by Crippen LogP contribution is -2.31. The number of aromatic nitrogens is 5. The van der Waals surface area contributed by atoms with Crippen LogP contribution in [0.2, 0.25) is 5.02 Å². The number of fused-ring (bicyclic) bond motifs is 1. The third-order valence-electron chi connectivity index (χ3n) is 4.11. The van der Waals surface area contributed by atoms with Gasteiger partial charge < -0.3 is 9.84 Å². The predicted octanol–water partition coefficient (Wildman–Crippen LogP) is 2.48. The Labute approximate surface area is 163 Å². The minimum absolute atomic E-state index is 0.275. The van der Waals surface area contributed by atoms with Crippen LogP contribution < -0.4 is 10.9 Å². The van der Waals surface area contributed by atoms with Gasteiger partial charge in [-0.1, -0.05) is 22.8 Å². The minimum Gasteiger partial charge on any atom is -0.360 e. The van der Waals surface area contributed by atoms with E-state index in [-0.39, 0.29) is 12.4 Å². The maximum absolute atomic E-state index is 13.0. The molecule has 0 aliphatic carbocycles. The van der Waals surface area contributed by atoms with Crippen LogP contribution in [-0.2, 0) is 11.3 Å². The molecule has 0 bridgehead atoms. The van der Waals surface area contributed by atoms with E-state index in [1.165, 1.54) is 4.68 Å². The van der Waals surface area contributed by atoms with E-state index >= 15 is 0 Å². The number of aryl methyl sites for hydroxylation is 2. The van der Waals surface area contributed by atoms with Crippen LogP contribution >= 0.6 is 11.6 Å². The van der Waals surface area contributed by atoms with Gasteiger partial charge in [0, 0.05) is 16.5 Å². The van der Waals surface area contributed by atoms with Crippen molar-refractivity contribution in [1.29, 1.82) is 0 Å². The van der Waals surface area contributed by atoms with Gasteiger partial charge in [-0.25, -0.2) is 9.36 Å². The Bertz CT molecular complexity index is 1260. The summed E-state index contributed by atoms with van der Waals surface area (Å²) in [5, 5.41) is 15.9. The number of nitrogens with one attached hydrogen (secondary N) is 1. The second-order valence-electron chi connectivity index (χ2n) is 6.22. The fraction of sp³-hybridized carbons (Fsp3) is 0.167. The van der Waals surface area contributed by atoms with Crippen molar-refractivity contribution in [3.63, 3.8) is 0 Å². The maximum atomic E-state index is 13.0. The van der Waals surface area contributed by atoms with Crippen LogP contribution in [0.15, 0.2) is 45.8 Å². The molecule has 1 N–H and O–H groups in total. The second kappa shape index (κ2) is 6.93. The number of amides is 1. The molecule has 0 atom stereocenters. The number of benzene rings is 1. The lowest BCUT2D eigenvalue weighted by molar-refractivity contribution is -0.117. The molecule has 4 aromatic rings. The highest BCUT2D eigenvalue weighted by molar-refractivity contribution is 6.30. The normalized spacial score (nSPS) is 11.1. The fourth-order valence-electron chi connectivity index (χ4n) is 2.88. The van der Waals surface area contributed by atoms with E-state index in [1.807, 2.05) is 0 Å². The number of hydrogen-bond donors (Lipinski definition) is 1. The Hall–Kier alpha value is -3.46. The topological polar surface area (TPSA) is 108 Å². The summed E-state index contributed by atoms with van der Waals surface area (Å²) < 4.78 is 7.50. The van der Waals surface area contributed by atoms with Gasteiger partial charge in [0.15, 0.2) is 5.82 Å². The van der Waals surface area contributed by atoms with Gasteiger partial charge >= 0.3 is 0 Å². The average Bonchev–Trinajstić information content (AvgIpc) is 3.26. The molecule has 142 valence electrons. The van der Waals surface area contributed by atoms with Crippen molar-refractivity contribution in [3.8, 4) is 5.69 Å². The van der Waals surface area contributed by atoms with Crippen molar-refractivity contribution in [2.24, 2.45) is 0 Å². The van der Waals surface area contributed by atoms with Crippen LogP contribution in [0.1, 0.15) is 11.5 Å². The number of nitrogens with zero attached hydrogens (tertiary/aromatic N) is 5. The zero-order valence-electron chi connectivity index (χ0n) is 15.0. The first-order chi connectivity index (χ1) is 13.4. The molecule has 3 aromatic heterocycles. The monoisotopic (exact) mass is 398 g/mol. The minimum atomic E-state index is -0.449. The van der Waals surface area contributed by atoms with Crippen molar-refractivity contribution in [3.05, 3.63) is 63.4 Å². The zero-order valence-corrected chi connectivity index (χ0v) is 15.8. The van der Waals surface area contributed by atoms with E-state index in [0.717, 1.165) is 4.68 Å². The van der Waals surface area contributed by atoms with E-state index in [4.69, 9.17) is 16.1 Å². The largest absolute Gasteiger partial charge is 0.360 e. The molecular weight excluding hydrogens is 384 g/mol. The first kappa shape index (κ1) is 17.9. The number of hydrogen-bond acceptors (Lipinski definition) is 6. The molecule has 0 spiro atoms. The molecule has 4 rings (SSSR count). The molecule has 10 heteroatoms. The molecule has 3 heterocycles. The summed E-state index contributed by atoms with van der Waals surface area (Å²) in [6, 6.07) is 8.57. The lowest BCUT2D eigenvalue weighted by Gasteiger charge is -2.08. The fourth-order valence-corrected chi connectivity index (χ4v) is 3.06. The van der Waals surface area contributed by atoms with Gasteiger partial charge in [0.1, 0.15) is 17.8 Å². The predicted molar refractivity (Wildman–Crippen MR) is 103 cm³/mol. The van der Waals surface area contributed by atoms with Crippen LogP contribution in [-0.4, -0.2) is 30.6 Å². The Morgan fingerprint density at radius 2 is 2.11 bits per heavy atom. The van der Waals surface area contributed by atoms with Crippen LogP contribution in [0.4, 0.5) is 5.82 Å². The molecule has 0 fully saturated rings. The Balaban J connectivity index is 1.74. The summed E-state index contributed by atoms with van der Waals surface area (Å²) >= 11 is 6.06. The van der Waals surface area contributed by atoms with Gasteiger partial charge in [0.2, 0.25) is 5.91 Å². The molecule has 0 aliphatic rings. The van der Waals surface area contributed by atoms with Gasteiger partial charge in [-0.3, -0.25) is 9.59 Å². The molecule has 0 radical (unpaired) electrons. The van der Waals surface area contributed by atoms with Crippen LogP contribution in [0.3, 0.4) is 0 Å². The molecule has 28 heavy (non-hydrogen) atoms.